The van der Waals surface area contributed by atoms with Crippen molar-refractivity contribution in [2.75, 3.05) is 7.11 Å². The van der Waals surface area contributed by atoms with Crippen molar-refractivity contribution in [2.45, 2.75) is 51.9 Å². The molecule has 0 radical (unpaired) electrons. The second-order valence-corrected chi connectivity index (χ2v) is 5.57. The molecule has 0 spiro atoms. The molecule has 3 heteroatoms. The first-order valence-electron chi connectivity index (χ1n) is 9.23. The average molecular weight is 357 g/mol. The number of rotatable bonds is 14. The number of hydrogen-bond acceptors (Lipinski definition) is 3. The highest BCUT2D eigenvalue weighted by Crippen LogP contribution is 1.97. The Morgan fingerprint density at radius 3 is 1.69 bits per heavy atom. The van der Waals surface area contributed by atoms with Gasteiger partial charge < -0.3 is 4.74 Å². The lowest BCUT2D eigenvalue weighted by molar-refractivity contribution is -0.141. The highest BCUT2D eigenvalue weighted by Gasteiger charge is 2.02. The van der Waals surface area contributed by atoms with Crippen molar-refractivity contribution in [1.29, 1.82) is 0 Å². The van der Waals surface area contributed by atoms with Gasteiger partial charge in [0.15, 0.2) is 5.78 Å². The lowest BCUT2D eigenvalue weighted by atomic mass is 10.2. The lowest BCUT2D eigenvalue weighted by Gasteiger charge is -1.94. The summed E-state index contributed by atoms with van der Waals surface area (Å²) in [6.45, 7) is 2.14. The van der Waals surface area contributed by atoms with E-state index >= 15 is 0 Å². The van der Waals surface area contributed by atoms with Crippen LogP contribution in [0.5, 0.6) is 0 Å². The van der Waals surface area contributed by atoms with Gasteiger partial charge in [0, 0.05) is 6.42 Å². The Hall–Kier alpha value is -2.42. The summed E-state index contributed by atoms with van der Waals surface area (Å²) >= 11 is 0. The monoisotopic (exact) mass is 356 g/mol. The van der Waals surface area contributed by atoms with E-state index in [9.17, 15) is 9.59 Å². The fraction of sp³-hybridized carbons (Fsp3) is 0.391. The normalized spacial score (nSPS) is 12.7. The van der Waals surface area contributed by atoms with Gasteiger partial charge in [-0.1, -0.05) is 73.8 Å². The predicted octanol–water partition coefficient (Wildman–Crippen LogP) is 5.82. The summed E-state index contributed by atoms with van der Waals surface area (Å²) in [6.07, 6.45) is 29.5. The third-order valence-corrected chi connectivity index (χ3v) is 3.32. The second kappa shape index (κ2) is 18.9. The summed E-state index contributed by atoms with van der Waals surface area (Å²) in [7, 11) is 1.32. The summed E-state index contributed by atoms with van der Waals surface area (Å²) in [4.78, 5) is 22.4. The summed E-state index contributed by atoms with van der Waals surface area (Å²) in [5, 5.41) is 0. The fourth-order valence-electron chi connectivity index (χ4n) is 1.89. The molecule has 3 nitrogen and oxygen atoms in total. The number of carbonyl (C=O) groups is 2. The van der Waals surface area contributed by atoms with Crippen molar-refractivity contribution in [1.82, 2.24) is 0 Å². The molecule has 142 valence electrons. The van der Waals surface area contributed by atoms with Gasteiger partial charge in [-0.3, -0.25) is 9.59 Å². The van der Waals surface area contributed by atoms with Crippen LogP contribution >= 0.6 is 0 Å². The molecule has 0 aliphatic heterocycles. The van der Waals surface area contributed by atoms with Crippen molar-refractivity contribution in [3.8, 4) is 0 Å². The summed E-state index contributed by atoms with van der Waals surface area (Å²) < 4.78 is 4.49. The van der Waals surface area contributed by atoms with Gasteiger partial charge in [-0.2, -0.15) is 0 Å². The smallest absolute Gasteiger partial charge is 0.305 e. The number of esters is 1. The van der Waals surface area contributed by atoms with Crippen LogP contribution in [0.4, 0.5) is 0 Å². The van der Waals surface area contributed by atoms with Gasteiger partial charge in [0.2, 0.25) is 0 Å². The molecule has 0 fully saturated rings. The minimum absolute atomic E-state index is 0.0730. The Morgan fingerprint density at radius 1 is 0.692 bits per heavy atom. The van der Waals surface area contributed by atoms with E-state index in [1.165, 1.54) is 13.2 Å². The average Bonchev–Trinajstić information content (AvgIpc) is 2.65. The minimum atomic E-state index is -0.360. The zero-order valence-electron chi connectivity index (χ0n) is 16.1. The maximum absolute atomic E-state index is 11.5. The van der Waals surface area contributed by atoms with Crippen molar-refractivity contribution in [3.63, 3.8) is 0 Å². The van der Waals surface area contributed by atoms with Crippen LogP contribution in [-0.4, -0.2) is 18.9 Å². The Labute approximate surface area is 158 Å². The molecule has 0 aromatic rings. The highest BCUT2D eigenvalue weighted by molar-refractivity contribution is 5.91. The van der Waals surface area contributed by atoms with Crippen LogP contribution in [0.3, 0.4) is 0 Å². The first kappa shape index (κ1) is 23.6. The van der Waals surface area contributed by atoms with Gasteiger partial charge in [-0.05, 0) is 38.2 Å². The molecule has 0 saturated carbocycles. The Morgan fingerprint density at radius 2 is 1.19 bits per heavy atom. The molecule has 0 aliphatic rings. The van der Waals surface area contributed by atoms with Gasteiger partial charge in [0.25, 0.3) is 0 Å². The SMILES string of the molecule is CC/C=C\C/C=C\C/C=C\C/C=C\C/C=C\C=C\C(=O)CCC(=O)OC. The molecule has 0 saturated heterocycles. The topological polar surface area (TPSA) is 43.4 Å². The molecule has 26 heavy (non-hydrogen) atoms. The molecule has 0 atom stereocenters. The maximum Gasteiger partial charge on any atom is 0.305 e. The Kier molecular flexibility index (Phi) is 17.2. The van der Waals surface area contributed by atoms with E-state index in [0.29, 0.717) is 0 Å². The number of allylic oxidation sites excluding steroid dienone is 12. The largest absolute Gasteiger partial charge is 0.469 e. The zero-order chi connectivity index (χ0) is 19.3. The minimum Gasteiger partial charge on any atom is -0.469 e. The molecule has 0 bridgehead atoms. The maximum atomic E-state index is 11.5. The molecule has 0 aliphatic carbocycles. The van der Waals surface area contributed by atoms with E-state index in [2.05, 4.69) is 60.3 Å². The number of ether oxygens (including phenoxy) is 1. The number of hydrogen-bond donors (Lipinski definition) is 0. The third kappa shape index (κ3) is 17.9. The van der Waals surface area contributed by atoms with Crippen molar-refractivity contribution in [3.05, 3.63) is 72.9 Å². The first-order chi connectivity index (χ1) is 12.7. The summed E-state index contributed by atoms with van der Waals surface area (Å²) in [6, 6.07) is 0. The Balaban J connectivity index is 3.70. The van der Waals surface area contributed by atoms with Crippen molar-refractivity contribution >= 4 is 11.8 Å². The molecule has 0 aromatic heterocycles. The second-order valence-electron chi connectivity index (χ2n) is 5.57. The molecule has 0 N–H and O–H groups in total. The molecular weight excluding hydrogens is 324 g/mol. The summed E-state index contributed by atoms with van der Waals surface area (Å²) in [5.41, 5.74) is 0. The van der Waals surface area contributed by atoms with Gasteiger partial charge in [0.05, 0.1) is 13.5 Å². The molecule has 0 amide bonds. The molecular formula is C23H32O3. The molecule has 0 unspecified atom stereocenters. The van der Waals surface area contributed by atoms with Crippen molar-refractivity contribution < 1.29 is 14.3 Å². The van der Waals surface area contributed by atoms with Gasteiger partial charge in [-0.15, -0.1) is 0 Å². The Bertz CT molecular complexity index is 546. The number of carbonyl (C=O) groups excluding carboxylic acids is 2. The number of methoxy groups -OCH3 is 1. The van der Waals surface area contributed by atoms with E-state index in [1.54, 1.807) is 6.08 Å². The number of ketones is 1. The van der Waals surface area contributed by atoms with Crippen LogP contribution in [0.25, 0.3) is 0 Å². The van der Waals surface area contributed by atoms with E-state index in [-0.39, 0.29) is 24.6 Å². The molecule has 0 rings (SSSR count). The van der Waals surface area contributed by atoms with Crippen LogP contribution in [0.15, 0.2) is 72.9 Å². The first-order valence-corrected chi connectivity index (χ1v) is 9.23. The van der Waals surface area contributed by atoms with Crippen LogP contribution in [-0.2, 0) is 14.3 Å². The van der Waals surface area contributed by atoms with Gasteiger partial charge in [-0.25, -0.2) is 0 Å². The van der Waals surface area contributed by atoms with Gasteiger partial charge in [0.1, 0.15) is 0 Å². The van der Waals surface area contributed by atoms with E-state index in [1.807, 2.05) is 12.2 Å². The lowest BCUT2D eigenvalue weighted by Crippen LogP contribution is -2.03. The summed E-state index contributed by atoms with van der Waals surface area (Å²) in [5.74, 6) is -0.433. The van der Waals surface area contributed by atoms with Gasteiger partial charge >= 0.3 is 5.97 Å². The molecule has 0 heterocycles. The molecule has 0 aromatic carbocycles. The van der Waals surface area contributed by atoms with E-state index in [4.69, 9.17) is 0 Å². The van der Waals surface area contributed by atoms with E-state index in [0.717, 1.165) is 32.1 Å². The third-order valence-electron chi connectivity index (χ3n) is 3.32. The van der Waals surface area contributed by atoms with Crippen molar-refractivity contribution in [2.24, 2.45) is 0 Å². The van der Waals surface area contributed by atoms with Crippen LogP contribution in [0, 0.1) is 0 Å². The zero-order valence-corrected chi connectivity index (χ0v) is 16.1. The van der Waals surface area contributed by atoms with Crippen LogP contribution in [0.2, 0.25) is 0 Å². The fourth-order valence-corrected chi connectivity index (χ4v) is 1.89. The van der Waals surface area contributed by atoms with Crippen LogP contribution in [0.1, 0.15) is 51.9 Å². The highest BCUT2D eigenvalue weighted by atomic mass is 16.5. The van der Waals surface area contributed by atoms with Crippen LogP contribution < -0.4 is 0 Å². The predicted molar refractivity (Wildman–Crippen MR) is 110 cm³/mol. The standard InChI is InChI=1S/C23H32O3/c1-3-4-5-6-7-8-9-10-11-12-13-14-15-16-17-18-19-22(24)20-21-23(25)26-2/h4-5,7-8,10-11,13-14,16-19H,3,6,9,12,15,20-21H2,1-2H3/b5-4-,8-7-,11-10-,14-13-,17-16-,19-18+. The van der Waals surface area contributed by atoms with E-state index < -0.39 is 0 Å². The quantitative estimate of drug-likeness (QED) is 0.170.